The summed E-state index contributed by atoms with van der Waals surface area (Å²) in [6, 6.07) is 0. The van der Waals surface area contributed by atoms with E-state index in [2.05, 4.69) is 0 Å². The molecule has 1 heterocycles. The van der Waals surface area contributed by atoms with Gasteiger partial charge in [0.25, 0.3) is 5.91 Å². The summed E-state index contributed by atoms with van der Waals surface area (Å²) in [7, 11) is 1.50. The summed E-state index contributed by atoms with van der Waals surface area (Å²) >= 11 is 0. The average molecular weight is 260 g/mol. The molecule has 18 heavy (non-hydrogen) atoms. The first-order chi connectivity index (χ1) is 8.58. The number of amides is 1. The van der Waals surface area contributed by atoms with Gasteiger partial charge in [-0.15, -0.1) is 0 Å². The highest BCUT2D eigenvalue weighted by molar-refractivity contribution is 5.84. The minimum atomic E-state index is -1.05. The van der Waals surface area contributed by atoms with E-state index in [0.717, 1.165) is 6.42 Å². The third kappa shape index (κ3) is 4.25. The second kappa shape index (κ2) is 7.30. The molecular weight excluding hydrogens is 240 g/mol. The van der Waals surface area contributed by atoms with Crippen LogP contribution in [0.15, 0.2) is 0 Å². The molecule has 1 saturated heterocycles. The van der Waals surface area contributed by atoms with Gasteiger partial charge in [-0.3, -0.25) is 9.59 Å². The molecule has 0 aromatic rings. The van der Waals surface area contributed by atoms with Crippen LogP contribution in [-0.2, 0) is 19.1 Å². The van der Waals surface area contributed by atoms with E-state index in [1.165, 1.54) is 12.0 Å². The van der Waals surface area contributed by atoms with Gasteiger partial charge in [-0.25, -0.2) is 0 Å². The summed E-state index contributed by atoms with van der Waals surface area (Å²) in [4.78, 5) is 24.1. The summed E-state index contributed by atoms with van der Waals surface area (Å²) in [6.07, 6.45) is 0.643. The molecule has 0 radical (unpaired) electrons. The van der Waals surface area contributed by atoms with E-state index in [1.54, 1.807) is 0 Å². The number of carboxylic acids is 1. The first kappa shape index (κ1) is 14.9. The molecule has 1 fully saturated rings. The number of hydrogen-bond acceptors (Lipinski definition) is 5. The normalized spacial score (nSPS) is 23.0. The number of hydrogen-bond donors (Lipinski definition) is 2. The second-order valence-electron chi connectivity index (χ2n) is 4.21. The second-order valence-corrected chi connectivity index (χ2v) is 4.21. The Kier molecular flexibility index (Phi) is 6.03. The monoisotopic (exact) mass is 260 g/mol. The molecule has 2 atom stereocenters. The van der Waals surface area contributed by atoms with Crippen molar-refractivity contribution >= 4 is 11.9 Å². The van der Waals surface area contributed by atoms with E-state index in [-0.39, 0.29) is 25.1 Å². The van der Waals surface area contributed by atoms with Crippen molar-refractivity contribution in [3.8, 4) is 0 Å². The Bertz CT molecular complexity index is 297. The SMILES string of the molecule is COCCN(CC(=O)O)C(=O)C1CCC(CN)O1. The van der Waals surface area contributed by atoms with Crippen molar-refractivity contribution in [1.82, 2.24) is 4.90 Å². The summed E-state index contributed by atoms with van der Waals surface area (Å²) in [5.41, 5.74) is 5.47. The van der Waals surface area contributed by atoms with Crippen LogP contribution in [0.1, 0.15) is 12.8 Å². The predicted octanol–water partition coefficient (Wildman–Crippen LogP) is -0.948. The molecule has 0 aliphatic carbocycles. The quantitative estimate of drug-likeness (QED) is 0.612. The Hall–Kier alpha value is -1.18. The first-order valence-electron chi connectivity index (χ1n) is 5.93. The van der Waals surface area contributed by atoms with E-state index in [4.69, 9.17) is 20.3 Å². The zero-order valence-electron chi connectivity index (χ0n) is 10.5. The van der Waals surface area contributed by atoms with Crippen molar-refractivity contribution in [1.29, 1.82) is 0 Å². The molecular formula is C11H20N2O5. The number of aliphatic carboxylic acids is 1. The largest absolute Gasteiger partial charge is 0.480 e. The van der Waals surface area contributed by atoms with Crippen LogP contribution < -0.4 is 5.73 Å². The van der Waals surface area contributed by atoms with Gasteiger partial charge in [0.05, 0.1) is 12.7 Å². The number of ether oxygens (including phenoxy) is 2. The molecule has 7 nitrogen and oxygen atoms in total. The van der Waals surface area contributed by atoms with Crippen molar-refractivity contribution in [2.75, 3.05) is 33.4 Å². The molecule has 1 amide bonds. The van der Waals surface area contributed by atoms with Crippen LogP contribution in [0.5, 0.6) is 0 Å². The molecule has 0 saturated carbocycles. The molecule has 1 aliphatic heterocycles. The van der Waals surface area contributed by atoms with Crippen molar-refractivity contribution in [3.05, 3.63) is 0 Å². The number of nitrogens with zero attached hydrogens (tertiary/aromatic N) is 1. The summed E-state index contributed by atoms with van der Waals surface area (Å²) < 4.78 is 10.3. The highest BCUT2D eigenvalue weighted by atomic mass is 16.5. The summed E-state index contributed by atoms with van der Waals surface area (Å²) in [5, 5.41) is 8.78. The zero-order chi connectivity index (χ0) is 13.5. The topological polar surface area (TPSA) is 102 Å². The molecule has 0 aromatic heterocycles. The molecule has 0 bridgehead atoms. The van der Waals surface area contributed by atoms with Crippen LogP contribution in [0, 0.1) is 0 Å². The van der Waals surface area contributed by atoms with E-state index >= 15 is 0 Å². The van der Waals surface area contributed by atoms with E-state index in [1.807, 2.05) is 0 Å². The summed E-state index contributed by atoms with van der Waals surface area (Å²) in [6.45, 7) is 0.580. The van der Waals surface area contributed by atoms with Gasteiger partial charge < -0.3 is 25.2 Å². The lowest BCUT2D eigenvalue weighted by atomic mass is 10.2. The number of carboxylic acid groups (broad SMARTS) is 1. The molecule has 1 rings (SSSR count). The van der Waals surface area contributed by atoms with Gasteiger partial charge in [0.15, 0.2) is 0 Å². The van der Waals surface area contributed by atoms with Gasteiger partial charge in [-0.1, -0.05) is 0 Å². The van der Waals surface area contributed by atoms with Crippen LogP contribution in [0.4, 0.5) is 0 Å². The maximum atomic E-state index is 12.1. The maximum Gasteiger partial charge on any atom is 0.323 e. The van der Waals surface area contributed by atoms with Crippen LogP contribution in [0.2, 0.25) is 0 Å². The summed E-state index contributed by atoms with van der Waals surface area (Å²) in [5.74, 6) is -1.35. The van der Waals surface area contributed by atoms with Crippen LogP contribution >= 0.6 is 0 Å². The van der Waals surface area contributed by atoms with Gasteiger partial charge in [0.2, 0.25) is 0 Å². The van der Waals surface area contributed by atoms with E-state index < -0.39 is 12.1 Å². The number of rotatable bonds is 7. The third-order valence-electron chi connectivity index (χ3n) is 2.85. The minimum Gasteiger partial charge on any atom is -0.480 e. The molecule has 2 unspecified atom stereocenters. The highest BCUT2D eigenvalue weighted by Crippen LogP contribution is 2.20. The van der Waals surface area contributed by atoms with Gasteiger partial charge in [-0.05, 0) is 12.8 Å². The minimum absolute atomic E-state index is 0.104. The molecule has 0 aromatic carbocycles. The number of methoxy groups -OCH3 is 1. The van der Waals surface area contributed by atoms with Gasteiger partial charge in [-0.2, -0.15) is 0 Å². The number of nitrogens with two attached hydrogens (primary N) is 1. The Balaban J connectivity index is 2.55. The van der Waals surface area contributed by atoms with E-state index in [9.17, 15) is 9.59 Å². The fourth-order valence-corrected chi connectivity index (χ4v) is 1.90. The highest BCUT2D eigenvalue weighted by Gasteiger charge is 2.33. The number of carbonyl (C=O) groups excluding carboxylic acids is 1. The lowest BCUT2D eigenvalue weighted by Gasteiger charge is -2.23. The zero-order valence-corrected chi connectivity index (χ0v) is 10.5. The van der Waals surface area contributed by atoms with Crippen LogP contribution in [0.25, 0.3) is 0 Å². The molecule has 0 spiro atoms. The lowest BCUT2D eigenvalue weighted by molar-refractivity contribution is -0.150. The van der Waals surface area contributed by atoms with Gasteiger partial charge >= 0.3 is 5.97 Å². The van der Waals surface area contributed by atoms with Crippen molar-refractivity contribution in [2.45, 2.75) is 25.0 Å². The third-order valence-corrected chi connectivity index (χ3v) is 2.85. The first-order valence-corrected chi connectivity index (χ1v) is 5.93. The Morgan fingerprint density at radius 2 is 2.22 bits per heavy atom. The van der Waals surface area contributed by atoms with Gasteiger partial charge in [0.1, 0.15) is 12.6 Å². The van der Waals surface area contributed by atoms with E-state index in [0.29, 0.717) is 19.6 Å². The van der Waals surface area contributed by atoms with Crippen LogP contribution in [-0.4, -0.2) is 67.4 Å². The fraction of sp³-hybridized carbons (Fsp3) is 0.818. The maximum absolute atomic E-state index is 12.1. The fourth-order valence-electron chi connectivity index (χ4n) is 1.90. The molecule has 104 valence electrons. The van der Waals surface area contributed by atoms with Crippen molar-refractivity contribution in [2.24, 2.45) is 5.73 Å². The molecule has 3 N–H and O–H groups in total. The van der Waals surface area contributed by atoms with Crippen molar-refractivity contribution in [3.63, 3.8) is 0 Å². The van der Waals surface area contributed by atoms with Gasteiger partial charge in [0, 0.05) is 20.2 Å². The number of carbonyl (C=O) groups is 2. The molecule has 7 heteroatoms. The Labute approximate surface area is 106 Å². The Morgan fingerprint density at radius 1 is 1.50 bits per heavy atom. The van der Waals surface area contributed by atoms with Crippen molar-refractivity contribution < 1.29 is 24.2 Å². The lowest BCUT2D eigenvalue weighted by Crippen LogP contribution is -2.44. The molecule has 1 aliphatic rings. The standard InChI is InChI=1S/C11H20N2O5/c1-17-5-4-13(7-10(14)15)11(16)9-3-2-8(6-12)18-9/h8-9H,2-7,12H2,1H3,(H,14,15). The predicted molar refractivity (Wildman–Crippen MR) is 63.0 cm³/mol. The smallest absolute Gasteiger partial charge is 0.323 e. The Morgan fingerprint density at radius 3 is 2.72 bits per heavy atom. The average Bonchev–Trinajstić information content (AvgIpc) is 2.81. The van der Waals surface area contributed by atoms with Crippen LogP contribution in [0.3, 0.4) is 0 Å².